The molecule has 0 aromatic carbocycles. The SMILES string of the molecule is O=C(N[C@@H]1CC(Cn2cccn2)C[C@H]1O)c1cc(-n2ccnc2)ccn1. The molecule has 0 spiro atoms. The van der Waals surface area contributed by atoms with Gasteiger partial charge in [0.05, 0.1) is 24.2 Å². The summed E-state index contributed by atoms with van der Waals surface area (Å²) in [5, 5.41) is 17.4. The Morgan fingerprint density at radius 2 is 2.19 bits per heavy atom. The molecule has 2 N–H and O–H groups in total. The van der Waals surface area contributed by atoms with E-state index in [2.05, 4.69) is 20.4 Å². The van der Waals surface area contributed by atoms with Crippen LogP contribution >= 0.6 is 0 Å². The molecule has 0 saturated heterocycles. The second kappa shape index (κ2) is 7.09. The van der Waals surface area contributed by atoms with Gasteiger partial charge in [-0.15, -0.1) is 0 Å². The number of hydrogen-bond donors (Lipinski definition) is 2. The monoisotopic (exact) mass is 352 g/mol. The van der Waals surface area contributed by atoms with Gasteiger partial charge in [0.1, 0.15) is 5.69 Å². The Bertz CT molecular complexity index is 862. The van der Waals surface area contributed by atoms with Crippen molar-refractivity contribution in [2.24, 2.45) is 5.92 Å². The smallest absolute Gasteiger partial charge is 0.270 e. The van der Waals surface area contributed by atoms with E-state index < -0.39 is 6.10 Å². The fourth-order valence-corrected chi connectivity index (χ4v) is 3.45. The van der Waals surface area contributed by atoms with Crippen LogP contribution in [0.4, 0.5) is 0 Å². The fraction of sp³-hybridized carbons (Fsp3) is 0.333. The zero-order chi connectivity index (χ0) is 17.9. The summed E-state index contributed by atoms with van der Waals surface area (Å²) in [6, 6.07) is 5.12. The molecule has 1 aliphatic rings. The molecule has 134 valence electrons. The van der Waals surface area contributed by atoms with E-state index in [1.807, 2.05) is 27.6 Å². The van der Waals surface area contributed by atoms with Crippen LogP contribution in [0.2, 0.25) is 0 Å². The number of rotatable bonds is 5. The molecule has 1 saturated carbocycles. The number of nitrogens with zero attached hydrogens (tertiary/aromatic N) is 5. The average Bonchev–Trinajstić information content (AvgIpc) is 3.39. The van der Waals surface area contributed by atoms with Crippen molar-refractivity contribution in [3.63, 3.8) is 0 Å². The van der Waals surface area contributed by atoms with Crippen molar-refractivity contribution in [1.82, 2.24) is 29.6 Å². The Kier molecular flexibility index (Phi) is 4.49. The van der Waals surface area contributed by atoms with E-state index in [4.69, 9.17) is 0 Å². The first-order chi connectivity index (χ1) is 12.7. The zero-order valence-electron chi connectivity index (χ0n) is 14.1. The minimum Gasteiger partial charge on any atom is -0.391 e. The van der Waals surface area contributed by atoms with E-state index in [-0.39, 0.29) is 17.9 Å². The number of hydrogen-bond acceptors (Lipinski definition) is 5. The number of nitrogens with one attached hydrogen (secondary N) is 1. The molecule has 1 fully saturated rings. The van der Waals surface area contributed by atoms with Crippen molar-refractivity contribution in [3.05, 3.63) is 61.2 Å². The number of carbonyl (C=O) groups is 1. The van der Waals surface area contributed by atoms with E-state index in [0.29, 0.717) is 18.5 Å². The molecule has 1 amide bonds. The van der Waals surface area contributed by atoms with Crippen LogP contribution in [0.3, 0.4) is 0 Å². The van der Waals surface area contributed by atoms with Crippen LogP contribution in [-0.2, 0) is 6.54 Å². The maximum Gasteiger partial charge on any atom is 0.270 e. The van der Waals surface area contributed by atoms with E-state index in [1.165, 1.54) is 0 Å². The summed E-state index contributed by atoms with van der Waals surface area (Å²) in [5.74, 6) is -0.00352. The molecule has 1 aliphatic carbocycles. The molecular formula is C18H20N6O2. The zero-order valence-corrected chi connectivity index (χ0v) is 14.1. The van der Waals surface area contributed by atoms with E-state index in [1.54, 1.807) is 37.2 Å². The van der Waals surface area contributed by atoms with Gasteiger partial charge < -0.3 is 15.0 Å². The molecule has 3 heterocycles. The first-order valence-corrected chi connectivity index (χ1v) is 8.60. The maximum absolute atomic E-state index is 12.6. The van der Waals surface area contributed by atoms with Gasteiger partial charge in [0.15, 0.2) is 0 Å². The predicted octanol–water partition coefficient (Wildman–Crippen LogP) is 1.03. The van der Waals surface area contributed by atoms with Crippen molar-refractivity contribution >= 4 is 5.91 Å². The number of amides is 1. The highest BCUT2D eigenvalue weighted by Gasteiger charge is 2.34. The van der Waals surface area contributed by atoms with Gasteiger partial charge in [-0.3, -0.25) is 14.5 Å². The van der Waals surface area contributed by atoms with Crippen LogP contribution in [-0.4, -0.2) is 47.5 Å². The van der Waals surface area contributed by atoms with Gasteiger partial charge in [-0.2, -0.15) is 5.10 Å². The topological polar surface area (TPSA) is 97.9 Å². The van der Waals surface area contributed by atoms with Crippen LogP contribution in [0.25, 0.3) is 5.69 Å². The van der Waals surface area contributed by atoms with Gasteiger partial charge in [-0.25, -0.2) is 4.98 Å². The van der Waals surface area contributed by atoms with E-state index in [9.17, 15) is 9.90 Å². The van der Waals surface area contributed by atoms with Crippen molar-refractivity contribution in [2.45, 2.75) is 31.5 Å². The third kappa shape index (κ3) is 3.50. The summed E-state index contributed by atoms with van der Waals surface area (Å²) in [4.78, 5) is 20.7. The summed E-state index contributed by atoms with van der Waals surface area (Å²) in [7, 11) is 0. The molecule has 1 unspecified atom stereocenters. The third-order valence-corrected chi connectivity index (χ3v) is 4.73. The molecule has 0 bridgehead atoms. The van der Waals surface area contributed by atoms with Crippen LogP contribution in [0.15, 0.2) is 55.5 Å². The minimum absolute atomic E-state index is 0.276. The lowest BCUT2D eigenvalue weighted by Crippen LogP contribution is -2.40. The van der Waals surface area contributed by atoms with Gasteiger partial charge in [0, 0.05) is 37.5 Å². The highest BCUT2D eigenvalue weighted by atomic mass is 16.3. The summed E-state index contributed by atoms with van der Waals surface area (Å²) < 4.78 is 3.67. The number of aliphatic hydroxyl groups excluding tert-OH is 1. The number of imidazole rings is 1. The maximum atomic E-state index is 12.6. The Morgan fingerprint density at radius 1 is 1.27 bits per heavy atom. The van der Waals surface area contributed by atoms with Gasteiger partial charge in [-0.05, 0) is 37.0 Å². The number of carbonyl (C=O) groups excluding carboxylic acids is 1. The van der Waals surface area contributed by atoms with Crippen LogP contribution < -0.4 is 5.32 Å². The Labute approximate surface area is 150 Å². The molecule has 3 aromatic rings. The molecule has 3 atom stereocenters. The largest absolute Gasteiger partial charge is 0.391 e. The first-order valence-electron chi connectivity index (χ1n) is 8.60. The van der Waals surface area contributed by atoms with Crippen molar-refractivity contribution in [2.75, 3.05) is 0 Å². The van der Waals surface area contributed by atoms with E-state index in [0.717, 1.165) is 12.2 Å². The standard InChI is InChI=1S/C18H20N6O2/c25-17-9-13(11-24-6-1-3-21-24)8-15(17)22-18(26)16-10-14(2-4-20-16)23-7-5-19-12-23/h1-7,10,12-13,15,17,25H,8-9,11H2,(H,22,26)/t13?,15-,17-/m1/s1. The molecule has 8 heteroatoms. The lowest BCUT2D eigenvalue weighted by atomic mass is 10.1. The van der Waals surface area contributed by atoms with Crippen molar-refractivity contribution in [3.8, 4) is 5.69 Å². The lowest BCUT2D eigenvalue weighted by Gasteiger charge is -2.16. The van der Waals surface area contributed by atoms with Gasteiger partial charge in [0.2, 0.25) is 0 Å². The Morgan fingerprint density at radius 3 is 2.96 bits per heavy atom. The predicted molar refractivity (Wildman–Crippen MR) is 93.6 cm³/mol. The third-order valence-electron chi connectivity index (χ3n) is 4.73. The molecular weight excluding hydrogens is 332 g/mol. The number of aliphatic hydroxyl groups is 1. The second-order valence-corrected chi connectivity index (χ2v) is 6.58. The molecule has 3 aromatic heterocycles. The van der Waals surface area contributed by atoms with Crippen molar-refractivity contribution in [1.29, 1.82) is 0 Å². The average molecular weight is 352 g/mol. The summed E-state index contributed by atoms with van der Waals surface area (Å²) >= 11 is 0. The minimum atomic E-state index is -0.559. The summed E-state index contributed by atoms with van der Waals surface area (Å²) in [5.41, 5.74) is 1.13. The lowest BCUT2D eigenvalue weighted by molar-refractivity contribution is 0.0868. The van der Waals surface area contributed by atoms with E-state index >= 15 is 0 Å². The molecule has 26 heavy (non-hydrogen) atoms. The second-order valence-electron chi connectivity index (χ2n) is 6.58. The quantitative estimate of drug-likeness (QED) is 0.715. The Hall–Kier alpha value is -3.00. The van der Waals surface area contributed by atoms with Gasteiger partial charge in [0.25, 0.3) is 5.91 Å². The first kappa shape index (κ1) is 16.5. The van der Waals surface area contributed by atoms with Crippen molar-refractivity contribution < 1.29 is 9.90 Å². The molecule has 0 aliphatic heterocycles. The summed E-state index contributed by atoms with van der Waals surface area (Å²) in [6.45, 7) is 0.741. The molecule has 8 nitrogen and oxygen atoms in total. The summed E-state index contributed by atoms with van der Waals surface area (Å²) in [6.07, 6.45) is 11.2. The van der Waals surface area contributed by atoms with Gasteiger partial charge >= 0.3 is 0 Å². The highest BCUT2D eigenvalue weighted by molar-refractivity contribution is 5.93. The molecule has 0 radical (unpaired) electrons. The Balaban J connectivity index is 1.41. The number of pyridine rings is 1. The molecule has 4 rings (SSSR count). The number of aromatic nitrogens is 5. The van der Waals surface area contributed by atoms with Crippen LogP contribution in [0, 0.1) is 5.92 Å². The van der Waals surface area contributed by atoms with Gasteiger partial charge in [-0.1, -0.05) is 0 Å². The normalized spacial score (nSPS) is 22.4. The highest BCUT2D eigenvalue weighted by Crippen LogP contribution is 2.27. The van der Waals surface area contributed by atoms with Crippen LogP contribution in [0.1, 0.15) is 23.3 Å². The van der Waals surface area contributed by atoms with Crippen LogP contribution in [0.5, 0.6) is 0 Å². The fourth-order valence-electron chi connectivity index (χ4n) is 3.45.